The van der Waals surface area contributed by atoms with Gasteiger partial charge in [-0.05, 0) is 25.7 Å². The van der Waals surface area contributed by atoms with E-state index in [2.05, 4.69) is 22.8 Å². The molecule has 7 heteroatoms. The lowest BCUT2D eigenvalue weighted by atomic mass is 9.87. The molecule has 1 aliphatic rings. The van der Waals surface area contributed by atoms with Crippen molar-refractivity contribution in [2.75, 3.05) is 12.3 Å². The molecular formula is C9H16N2O4S. The molecule has 0 unspecified atom stereocenters. The van der Waals surface area contributed by atoms with Crippen molar-refractivity contribution in [2.24, 2.45) is 5.92 Å². The Kier molecular flexibility index (Phi) is 5.37. The summed E-state index contributed by atoms with van der Waals surface area (Å²) in [6, 6.07) is 0. The zero-order valence-corrected chi connectivity index (χ0v) is 9.82. The van der Waals surface area contributed by atoms with Crippen molar-refractivity contribution in [3.8, 4) is 0 Å². The molecule has 92 valence electrons. The Labute approximate surface area is 99.2 Å². The summed E-state index contributed by atoms with van der Waals surface area (Å²) in [5, 5.41) is 12.1. The van der Waals surface area contributed by atoms with E-state index in [0.29, 0.717) is 38.0 Å². The van der Waals surface area contributed by atoms with E-state index < -0.39 is 5.09 Å². The Bertz CT molecular complexity index is 254. The van der Waals surface area contributed by atoms with Gasteiger partial charge in [-0.1, -0.05) is 0 Å². The van der Waals surface area contributed by atoms with Gasteiger partial charge in [-0.25, -0.2) is 0 Å². The average molecular weight is 248 g/mol. The Morgan fingerprint density at radius 3 is 2.56 bits per heavy atom. The smallest absolute Gasteiger partial charge is 0.294 e. The molecule has 0 saturated heterocycles. The average Bonchev–Trinajstić information content (AvgIpc) is 2.26. The number of thiol groups is 1. The SMILES string of the molecule is O=C(NCCS)C1CCC(O[N+](=O)[O-])CC1. The van der Waals surface area contributed by atoms with Crippen LogP contribution in [0.3, 0.4) is 0 Å². The summed E-state index contributed by atoms with van der Waals surface area (Å²) in [7, 11) is 0. The summed E-state index contributed by atoms with van der Waals surface area (Å²) in [4.78, 5) is 26.2. The molecule has 0 aromatic carbocycles. The molecule has 6 nitrogen and oxygen atoms in total. The second-order valence-electron chi connectivity index (χ2n) is 3.82. The van der Waals surface area contributed by atoms with E-state index >= 15 is 0 Å². The van der Waals surface area contributed by atoms with Crippen molar-refractivity contribution in [1.82, 2.24) is 5.32 Å². The van der Waals surface area contributed by atoms with Crippen LogP contribution in [0.15, 0.2) is 0 Å². The summed E-state index contributed by atoms with van der Waals surface area (Å²) in [6.07, 6.45) is 2.09. The number of carbonyl (C=O) groups is 1. The third-order valence-corrected chi connectivity index (χ3v) is 2.91. The number of nitrogens with one attached hydrogen (secondary N) is 1. The van der Waals surface area contributed by atoms with Crippen LogP contribution in [0.4, 0.5) is 0 Å². The summed E-state index contributed by atoms with van der Waals surface area (Å²) in [6.45, 7) is 0.563. The van der Waals surface area contributed by atoms with Crippen molar-refractivity contribution in [1.29, 1.82) is 0 Å². The van der Waals surface area contributed by atoms with Gasteiger partial charge in [-0.3, -0.25) is 4.79 Å². The molecule has 0 heterocycles. The number of amides is 1. The standard InChI is InChI=1S/C9H16N2O4S/c12-9(10-5-6-16)7-1-3-8(4-2-7)15-11(13)14/h7-8,16H,1-6H2,(H,10,12). The predicted molar refractivity (Wildman–Crippen MR) is 60.7 cm³/mol. The molecule has 0 aromatic heterocycles. The van der Waals surface area contributed by atoms with Crippen molar-refractivity contribution in [3.63, 3.8) is 0 Å². The van der Waals surface area contributed by atoms with Gasteiger partial charge in [0, 0.05) is 18.2 Å². The van der Waals surface area contributed by atoms with Crippen LogP contribution in [-0.2, 0) is 9.63 Å². The maximum Gasteiger partial charge on any atom is 0.294 e. The first-order valence-corrected chi connectivity index (χ1v) is 5.96. The van der Waals surface area contributed by atoms with Crippen LogP contribution in [0.25, 0.3) is 0 Å². The molecule has 1 aliphatic carbocycles. The molecule has 1 saturated carbocycles. The zero-order chi connectivity index (χ0) is 12.0. The minimum Gasteiger partial charge on any atom is -0.355 e. The van der Waals surface area contributed by atoms with E-state index in [1.807, 2.05) is 0 Å². The number of rotatable bonds is 5. The highest BCUT2D eigenvalue weighted by Gasteiger charge is 2.27. The number of hydrogen-bond acceptors (Lipinski definition) is 5. The number of nitrogens with zero attached hydrogens (tertiary/aromatic N) is 1. The molecule has 1 rings (SSSR count). The van der Waals surface area contributed by atoms with Gasteiger partial charge in [0.1, 0.15) is 6.10 Å². The molecule has 1 N–H and O–H groups in total. The first-order chi connectivity index (χ1) is 7.63. The molecular weight excluding hydrogens is 232 g/mol. The van der Waals surface area contributed by atoms with Crippen molar-refractivity contribution < 1.29 is 14.7 Å². The molecule has 16 heavy (non-hydrogen) atoms. The maximum absolute atomic E-state index is 11.6. The molecule has 1 amide bonds. The summed E-state index contributed by atoms with van der Waals surface area (Å²) >= 11 is 4.00. The van der Waals surface area contributed by atoms with Gasteiger partial charge < -0.3 is 10.2 Å². The normalized spacial score (nSPS) is 24.8. The van der Waals surface area contributed by atoms with E-state index in [-0.39, 0.29) is 17.9 Å². The minimum atomic E-state index is -0.758. The Morgan fingerprint density at radius 2 is 2.06 bits per heavy atom. The monoisotopic (exact) mass is 248 g/mol. The first-order valence-electron chi connectivity index (χ1n) is 5.33. The van der Waals surface area contributed by atoms with Crippen molar-refractivity contribution >= 4 is 18.5 Å². The fourth-order valence-electron chi connectivity index (χ4n) is 1.88. The van der Waals surface area contributed by atoms with Gasteiger partial charge in [0.15, 0.2) is 0 Å². The Morgan fingerprint density at radius 1 is 1.44 bits per heavy atom. The van der Waals surface area contributed by atoms with Crippen LogP contribution in [0.5, 0.6) is 0 Å². The lowest BCUT2D eigenvalue weighted by molar-refractivity contribution is -0.769. The van der Waals surface area contributed by atoms with Crippen molar-refractivity contribution in [2.45, 2.75) is 31.8 Å². The molecule has 0 atom stereocenters. The van der Waals surface area contributed by atoms with Crippen LogP contribution < -0.4 is 5.32 Å². The summed E-state index contributed by atoms with van der Waals surface area (Å²) in [5.41, 5.74) is 0. The molecule has 1 fully saturated rings. The van der Waals surface area contributed by atoms with Crippen LogP contribution >= 0.6 is 12.6 Å². The number of carbonyl (C=O) groups excluding carboxylic acids is 1. The summed E-state index contributed by atoms with van der Waals surface area (Å²) < 4.78 is 0. The highest BCUT2D eigenvalue weighted by Crippen LogP contribution is 2.26. The molecule has 0 bridgehead atoms. The van der Waals surface area contributed by atoms with E-state index in [9.17, 15) is 14.9 Å². The van der Waals surface area contributed by atoms with Gasteiger partial charge in [0.25, 0.3) is 5.09 Å². The van der Waals surface area contributed by atoms with Crippen molar-refractivity contribution in [3.05, 3.63) is 10.1 Å². The largest absolute Gasteiger partial charge is 0.355 e. The van der Waals surface area contributed by atoms with Crippen LogP contribution in [-0.4, -0.2) is 29.4 Å². The summed E-state index contributed by atoms with van der Waals surface area (Å²) in [5.74, 6) is 0.603. The lowest BCUT2D eigenvalue weighted by Crippen LogP contribution is -2.35. The lowest BCUT2D eigenvalue weighted by Gasteiger charge is -2.26. The van der Waals surface area contributed by atoms with Gasteiger partial charge >= 0.3 is 0 Å². The van der Waals surface area contributed by atoms with E-state index in [1.54, 1.807) is 0 Å². The topological polar surface area (TPSA) is 81.5 Å². The fourth-order valence-corrected chi connectivity index (χ4v) is 1.99. The quantitative estimate of drug-likeness (QED) is 0.428. The fraction of sp³-hybridized carbons (Fsp3) is 0.889. The molecule has 0 aliphatic heterocycles. The first kappa shape index (κ1) is 13.1. The molecule has 0 radical (unpaired) electrons. The van der Waals surface area contributed by atoms with Gasteiger partial charge in [0.2, 0.25) is 5.91 Å². The van der Waals surface area contributed by atoms with E-state index in [0.717, 1.165) is 0 Å². The molecule has 0 spiro atoms. The Balaban J connectivity index is 2.25. The predicted octanol–water partition coefficient (Wildman–Crippen LogP) is 0.799. The van der Waals surface area contributed by atoms with Gasteiger partial charge in [0.05, 0.1) is 0 Å². The number of hydrogen-bond donors (Lipinski definition) is 2. The van der Waals surface area contributed by atoms with Crippen LogP contribution in [0, 0.1) is 16.0 Å². The maximum atomic E-state index is 11.6. The van der Waals surface area contributed by atoms with Crippen LogP contribution in [0.2, 0.25) is 0 Å². The Hall–Kier alpha value is -0.980. The highest BCUT2D eigenvalue weighted by atomic mass is 32.1. The second kappa shape index (κ2) is 6.57. The van der Waals surface area contributed by atoms with E-state index in [4.69, 9.17) is 0 Å². The van der Waals surface area contributed by atoms with Crippen LogP contribution in [0.1, 0.15) is 25.7 Å². The molecule has 0 aromatic rings. The van der Waals surface area contributed by atoms with Gasteiger partial charge in [-0.2, -0.15) is 12.6 Å². The van der Waals surface area contributed by atoms with E-state index in [1.165, 1.54) is 0 Å². The third kappa shape index (κ3) is 4.26. The minimum absolute atomic E-state index is 0.0219. The third-order valence-electron chi connectivity index (χ3n) is 2.69. The second-order valence-corrected chi connectivity index (χ2v) is 4.26. The zero-order valence-electron chi connectivity index (χ0n) is 8.92. The highest BCUT2D eigenvalue weighted by molar-refractivity contribution is 7.80. The van der Waals surface area contributed by atoms with Gasteiger partial charge in [-0.15, -0.1) is 10.1 Å².